The van der Waals surface area contributed by atoms with Gasteiger partial charge in [0.1, 0.15) is 5.76 Å². The molecular formula is C17H25N5O3. The number of nitrogens with one attached hydrogen (secondary N) is 2. The molecule has 8 heteroatoms. The molecule has 1 amide bonds. The molecule has 3 heterocycles. The van der Waals surface area contributed by atoms with Crippen molar-refractivity contribution in [1.29, 1.82) is 0 Å². The lowest BCUT2D eigenvalue weighted by Crippen LogP contribution is -2.40. The molecule has 0 radical (unpaired) electrons. The molecule has 2 aromatic heterocycles. The second kappa shape index (κ2) is 7.79. The molecule has 1 aliphatic heterocycles. The lowest BCUT2D eigenvalue weighted by atomic mass is 9.97. The van der Waals surface area contributed by atoms with Gasteiger partial charge in [-0.05, 0) is 27.2 Å². The summed E-state index contributed by atoms with van der Waals surface area (Å²) in [6.07, 6.45) is 4.90. The van der Waals surface area contributed by atoms with Gasteiger partial charge in [0, 0.05) is 43.4 Å². The van der Waals surface area contributed by atoms with Gasteiger partial charge in [0.15, 0.2) is 5.82 Å². The van der Waals surface area contributed by atoms with Crippen LogP contribution in [0.5, 0.6) is 0 Å². The first-order valence-corrected chi connectivity index (χ1v) is 8.68. The normalized spacial score (nSPS) is 21.4. The van der Waals surface area contributed by atoms with Gasteiger partial charge in [-0.25, -0.2) is 0 Å². The molecule has 2 aromatic rings. The van der Waals surface area contributed by atoms with Crippen molar-refractivity contribution in [2.75, 3.05) is 18.5 Å². The number of ether oxygens (including phenoxy) is 1. The van der Waals surface area contributed by atoms with E-state index in [1.54, 1.807) is 13.0 Å². The second-order valence-electron chi connectivity index (χ2n) is 6.41. The van der Waals surface area contributed by atoms with Gasteiger partial charge in [-0.1, -0.05) is 5.16 Å². The van der Waals surface area contributed by atoms with Crippen molar-refractivity contribution in [1.82, 2.24) is 20.3 Å². The van der Waals surface area contributed by atoms with Crippen molar-refractivity contribution in [2.24, 2.45) is 5.92 Å². The molecule has 0 bridgehead atoms. The van der Waals surface area contributed by atoms with E-state index in [9.17, 15) is 4.79 Å². The molecule has 1 aliphatic rings. The summed E-state index contributed by atoms with van der Waals surface area (Å²) in [5.41, 5.74) is 1.10. The summed E-state index contributed by atoms with van der Waals surface area (Å²) < 4.78 is 12.7. The van der Waals surface area contributed by atoms with Gasteiger partial charge in [-0.15, -0.1) is 0 Å². The van der Waals surface area contributed by atoms with E-state index in [4.69, 9.17) is 9.26 Å². The Balaban J connectivity index is 1.52. The molecule has 3 rings (SSSR count). The molecule has 0 aromatic carbocycles. The summed E-state index contributed by atoms with van der Waals surface area (Å²) in [5.74, 6) is 1.28. The Labute approximate surface area is 146 Å². The fourth-order valence-electron chi connectivity index (χ4n) is 2.99. The Kier molecular flexibility index (Phi) is 5.50. The average molecular weight is 347 g/mol. The molecule has 0 spiro atoms. The summed E-state index contributed by atoms with van der Waals surface area (Å²) in [7, 11) is 0. The third-order valence-electron chi connectivity index (χ3n) is 4.48. The van der Waals surface area contributed by atoms with Crippen molar-refractivity contribution >= 4 is 11.7 Å². The van der Waals surface area contributed by atoms with Crippen LogP contribution < -0.4 is 10.6 Å². The molecule has 3 atom stereocenters. The minimum absolute atomic E-state index is 0.0289. The molecule has 0 unspecified atom stereocenters. The fourth-order valence-corrected chi connectivity index (χ4v) is 2.99. The Bertz CT molecular complexity index is 711. The highest BCUT2D eigenvalue weighted by molar-refractivity contribution is 5.93. The van der Waals surface area contributed by atoms with E-state index >= 15 is 0 Å². The number of hydrogen-bond donors (Lipinski definition) is 2. The second-order valence-corrected chi connectivity index (χ2v) is 6.41. The monoisotopic (exact) mass is 347 g/mol. The minimum atomic E-state index is -0.336. The highest BCUT2D eigenvalue weighted by atomic mass is 16.5. The molecule has 0 aliphatic carbocycles. The van der Waals surface area contributed by atoms with Crippen LogP contribution in [0.1, 0.15) is 37.7 Å². The summed E-state index contributed by atoms with van der Waals surface area (Å²) in [5, 5.41) is 14.1. The van der Waals surface area contributed by atoms with Gasteiger partial charge in [0.05, 0.1) is 18.3 Å². The zero-order valence-corrected chi connectivity index (χ0v) is 14.9. The van der Waals surface area contributed by atoms with Crippen LogP contribution in [0.4, 0.5) is 5.82 Å². The summed E-state index contributed by atoms with van der Waals surface area (Å²) in [4.78, 5) is 12.2. The van der Waals surface area contributed by atoms with Crippen LogP contribution >= 0.6 is 0 Å². The quantitative estimate of drug-likeness (QED) is 0.794. The Hall–Kier alpha value is -2.19. The van der Waals surface area contributed by atoms with Crippen LogP contribution in [-0.2, 0) is 16.1 Å². The molecule has 1 saturated heterocycles. The van der Waals surface area contributed by atoms with Crippen LogP contribution in [0.25, 0.3) is 0 Å². The zero-order chi connectivity index (χ0) is 17.8. The average Bonchev–Trinajstić information content (AvgIpc) is 3.32. The van der Waals surface area contributed by atoms with Crippen LogP contribution in [0.3, 0.4) is 0 Å². The number of aromatic nitrogens is 3. The van der Waals surface area contributed by atoms with Gasteiger partial charge in [-0.2, -0.15) is 5.10 Å². The highest BCUT2D eigenvalue weighted by Gasteiger charge is 2.31. The molecule has 25 heavy (non-hydrogen) atoms. The van der Waals surface area contributed by atoms with Gasteiger partial charge in [0.25, 0.3) is 0 Å². The van der Waals surface area contributed by atoms with E-state index < -0.39 is 0 Å². The topological polar surface area (TPSA) is 94.2 Å². The number of amides is 1. The van der Waals surface area contributed by atoms with Crippen molar-refractivity contribution in [3.63, 3.8) is 0 Å². The summed E-state index contributed by atoms with van der Waals surface area (Å²) in [6.45, 7) is 7.95. The standard InChI is InChI=1S/C17H25N5O3/c1-4-22-10-14(9-19-22)16-13(5-6-24-16)8-18-12(3)17(23)20-15-7-11(2)25-21-15/h7,9-10,12-13,16,18H,4-6,8H2,1-3H3,(H,20,21,23)/t12-,13-,16-/m1/s1. The molecule has 8 nitrogen and oxygen atoms in total. The largest absolute Gasteiger partial charge is 0.373 e. The number of carbonyl (C=O) groups excluding carboxylic acids is 1. The number of carbonyl (C=O) groups is 1. The van der Waals surface area contributed by atoms with E-state index in [1.807, 2.05) is 24.0 Å². The number of hydrogen-bond acceptors (Lipinski definition) is 6. The van der Waals surface area contributed by atoms with E-state index in [-0.39, 0.29) is 18.1 Å². The first kappa shape index (κ1) is 17.6. The highest BCUT2D eigenvalue weighted by Crippen LogP contribution is 2.33. The maximum absolute atomic E-state index is 12.2. The molecule has 1 fully saturated rings. The van der Waals surface area contributed by atoms with E-state index in [0.717, 1.165) is 25.1 Å². The van der Waals surface area contributed by atoms with Crippen LogP contribution in [0, 0.1) is 12.8 Å². The van der Waals surface area contributed by atoms with Crippen molar-refractivity contribution < 1.29 is 14.1 Å². The van der Waals surface area contributed by atoms with Crippen LogP contribution in [-0.4, -0.2) is 40.0 Å². The SMILES string of the molecule is CCn1cc([C@@H]2OCC[C@@H]2CN[C@H](C)C(=O)Nc2cc(C)on2)cn1. The Morgan fingerprint density at radius 2 is 2.36 bits per heavy atom. The predicted octanol–water partition coefficient (Wildman–Crippen LogP) is 1.89. The van der Waals surface area contributed by atoms with Gasteiger partial charge >= 0.3 is 0 Å². The molecule has 136 valence electrons. The third kappa shape index (κ3) is 4.26. The lowest BCUT2D eigenvalue weighted by molar-refractivity contribution is -0.117. The summed E-state index contributed by atoms with van der Waals surface area (Å²) in [6, 6.07) is 1.35. The molecular weight excluding hydrogens is 322 g/mol. The lowest BCUT2D eigenvalue weighted by Gasteiger charge is -2.20. The van der Waals surface area contributed by atoms with E-state index in [1.165, 1.54) is 0 Å². The number of rotatable bonds is 7. The fraction of sp³-hybridized carbons (Fsp3) is 0.588. The first-order chi connectivity index (χ1) is 12.1. The molecule has 2 N–H and O–H groups in total. The van der Waals surface area contributed by atoms with Crippen molar-refractivity contribution in [3.05, 3.63) is 29.8 Å². The Morgan fingerprint density at radius 3 is 3.04 bits per heavy atom. The van der Waals surface area contributed by atoms with Crippen LogP contribution in [0.15, 0.2) is 23.0 Å². The maximum Gasteiger partial charge on any atom is 0.242 e. The smallest absolute Gasteiger partial charge is 0.242 e. The van der Waals surface area contributed by atoms with E-state index in [2.05, 4.69) is 27.8 Å². The Morgan fingerprint density at radius 1 is 1.52 bits per heavy atom. The number of nitrogens with zero attached hydrogens (tertiary/aromatic N) is 3. The van der Waals surface area contributed by atoms with Gasteiger partial charge in [-0.3, -0.25) is 9.48 Å². The number of anilines is 1. The van der Waals surface area contributed by atoms with Crippen molar-refractivity contribution in [3.8, 4) is 0 Å². The van der Waals surface area contributed by atoms with Crippen LogP contribution in [0.2, 0.25) is 0 Å². The van der Waals surface area contributed by atoms with Gasteiger partial charge in [0.2, 0.25) is 5.91 Å². The van der Waals surface area contributed by atoms with Crippen molar-refractivity contribution in [2.45, 2.75) is 45.9 Å². The van der Waals surface area contributed by atoms with Gasteiger partial charge < -0.3 is 19.9 Å². The molecule has 0 saturated carbocycles. The third-order valence-corrected chi connectivity index (χ3v) is 4.48. The minimum Gasteiger partial charge on any atom is -0.373 e. The zero-order valence-electron chi connectivity index (χ0n) is 14.9. The number of aryl methyl sites for hydroxylation is 2. The summed E-state index contributed by atoms with van der Waals surface area (Å²) >= 11 is 0. The first-order valence-electron chi connectivity index (χ1n) is 8.68. The van der Waals surface area contributed by atoms with E-state index in [0.29, 0.717) is 24.0 Å². The maximum atomic E-state index is 12.2. The predicted molar refractivity (Wildman–Crippen MR) is 92.0 cm³/mol.